The first kappa shape index (κ1) is 58.0. The van der Waals surface area contributed by atoms with Crippen molar-refractivity contribution in [2.24, 2.45) is 0 Å². The number of anilines is 6. The molecule has 476 valence electrons. The van der Waals surface area contributed by atoms with Gasteiger partial charge in [-0.1, -0.05) is 242 Å². The molecule has 0 saturated heterocycles. The van der Waals surface area contributed by atoms with Crippen molar-refractivity contribution < 1.29 is 0 Å². The highest BCUT2D eigenvalue weighted by Gasteiger charge is 2.53. The van der Waals surface area contributed by atoms with E-state index in [2.05, 4.69) is 387 Å². The lowest BCUT2D eigenvalue weighted by atomic mass is 9.65. The van der Waals surface area contributed by atoms with E-state index in [1.54, 1.807) is 0 Å². The minimum absolute atomic E-state index is 0.0551. The van der Waals surface area contributed by atoms with Crippen molar-refractivity contribution >= 4 is 121 Å². The van der Waals surface area contributed by atoms with Crippen LogP contribution in [0.5, 0.6) is 0 Å². The van der Waals surface area contributed by atoms with Gasteiger partial charge in [-0.25, -0.2) is 0 Å². The number of hydrogen-bond acceptors (Lipinski definition) is 2. The summed E-state index contributed by atoms with van der Waals surface area (Å²) >= 11 is 0. The average molecular weight is 1280 g/mol. The second-order valence-corrected chi connectivity index (χ2v) is 29.6. The quantitative estimate of drug-likeness (QED) is 0.151. The molecular weight excluding hydrogens is 1210 g/mol. The summed E-state index contributed by atoms with van der Waals surface area (Å²) in [5.41, 5.74) is 26.2. The summed E-state index contributed by atoms with van der Waals surface area (Å²) in [4.78, 5) is 5.15. The van der Waals surface area contributed by atoms with Gasteiger partial charge in [0.2, 0.25) is 0 Å². The van der Waals surface area contributed by atoms with Crippen LogP contribution in [0.25, 0.3) is 115 Å². The van der Waals surface area contributed by atoms with Crippen molar-refractivity contribution in [2.75, 3.05) is 9.80 Å². The van der Waals surface area contributed by atoms with E-state index in [9.17, 15) is 0 Å². The van der Waals surface area contributed by atoms with Gasteiger partial charge in [0.1, 0.15) is 0 Å². The lowest BCUT2D eigenvalue weighted by Gasteiger charge is -2.40. The first-order chi connectivity index (χ1) is 48.9. The molecular formula is C95H71N5. The average Bonchev–Trinajstić information content (AvgIpc) is 1.47. The third-order valence-corrected chi connectivity index (χ3v) is 22.1. The molecule has 0 bridgehead atoms. The van der Waals surface area contributed by atoms with Crippen LogP contribution < -0.4 is 9.80 Å². The zero-order valence-corrected chi connectivity index (χ0v) is 56.8. The largest absolute Gasteiger partial charge is 0.310 e. The van der Waals surface area contributed by atoms with E-state index in [1.807, 2.05) is 0 Å². The predicted octanol–water partition coefficient (Wildman–Crippen LogP) is 25.5. The fourth-order valence-electron chi connectivity index (χ4n) is 17.6. The Balaban J connectivity index is 0.923. The molecule has 20 rings (SSSR count). The number of fused-ring (bicyclic) bond motifs is 22. The Kier molecular flexibility index (Phi) is 12.4. The number of benzene rings is 15. The van der Waals surface area contributed by atoms with E-state index in [0.717, 1.165) is 56.5 Å². The summed E-state index contributed by atoms with van der Waals surface area (Å²) in [5.74, 6) is 0. The maximum absolute atomic E-state index is 2.63. The van der Waals surface area contributed by atoms with Crippen LogP contribution in [0.3, 0.4) is 0 Å². The molecule has 5 heteroatoms. The maximum atomic E-state index is 2.63. The molecule has 5 nitrogen and oxygen atoms in total. The Labute approximate surface area is 581 Å². The third-order valence-electron chi connectivity index (χ3n) is 22.1. The van der Waals surface area contributed by atoms with Crippen molar-refractivity contribution in [3.05, 3.63) is 355 Å². The zero-order chi connectivity index (χ0) is 66.9. The summed E-state index contributed by atoms with van der Waals surface area (Å²) in [5, 5.41) is 12.0. The monoisotopic (exact) mass is 1280 g/mol. The Morgan fingerprint density at radius 3 is 1.06 bits per heavy atom. The molecule has 0 N–H and O–H groups in total. The number of rotatable bonds is 8. The summed E-state index contributed by atoms with van der Waals surface area (Å²) in [6.07, 6.45) is 0. The van der Waals surface area contributed by atoms with Crippen LogP contribution >= 0.6 is 0 Å². The van der Waals surface area contributed by atoms with E-state index >= 15 is 0 Å². The van der Waals surface area contributed by atoms with Gasteiger partial charge >= 0.3 is 0 Å². The standard InChI is InChI=1S/C95H71N5/c1-93(2,3)60-44-48-64(49-45-60)96(66-52-54-85-76(56-66)71-33-18-21-40-82(71)98(85)62-26-9-7-10-27-62)88-58-80-90(73-35-15-13-30-68(73)88)91-74-36-16-14-31-69(74)89(59-81(91)95(80)78-38-20-24-43-87(78)100-84-42-23-17-32-70(84)75-37-25-39-79(95)92(75)100)97(65-50-46-61(47-51-65)94(4,5)6)67-53-55-86-77(57-67)72-34-19-22-41-83(72)99(86)63-28-11-8-12-29-63/h7-59H,1-6H3. The van der Waals surface area contributed by atoms with Crippen molar-refractivity contribution in [3.63, 3.8) is 0 Å². The van der Waals surface area contributed by atoms with Gasteiger partial charge in [-0.05, 0) is 187 Å². The molecule has 4 heterocycles. The minimum Gasteiger partial charge on any atom is -0.310 e. The van der Waals surface area contributed by atoms with Crippen LogP contribution in [-0.4, -0.2) is 13.7 Å². The summed E-state index contributed by atoms with van der Waals surface area (Å²) in [6, 6.07) is 122. The lowest BCUT2D eigenvalue weighted by Crippen LogP contribution is -2.34. The highest BCUT2D eigenvalue weighted by Crippen LogP contribution is 2.66. The Morgan fingerprint density at radius 1 is 0.250 bits per heavy atom. The summed E-state index contributed by atoms with van der Waals surface area (Å²) in [6.45, 7) is 13.9. The molecule has 100 heavy (non-hydrogen) atoms. The van der Waals surface area contributed by atoms with Crippen LogP contribution in [-0.2, 0) is 16.2 Å². The first-order valence-corrected chi connectivity index (χ1v) is 35.2. The minimum atomic E-state index is -0.883. The van der Waals surface area contributed by atoms with E-state index in [-0.39, 0.29) is 10.8 Å². The molecule has 3 aromatic heterocycles. The second kappa shape index (κ2) is 21.4. The molecule has 0 amide bonds. The normalized spacial score (nSPS) is 13.2. The maximum Gasteiger partial charge on any atom is 0.0756 e. The van der Waals surface area contributed by atoms with Crippen molar-refractivity contribution in [1.82, 2.24) is 13.7 Å². The van der Waals surface area contributed by atoms with E-state index in [1.165, 1.54) is 126 Å². The zero-order valence-electron chi connectivity index (χ0n) is 56.8. The summed E-state index contributed by atoms with van der Waals surface area (Å²) in [7, 11) is 0. The van der Waals surface area contributed by atoms with Gasteiger partial charge in [-0.3, -0.25) is 0 Å². The smallest absolute Gasteiger partial charge is 0.0756 e. The highest BCUT2D eigenvalue weighted by molar-refractivity contribution is 6.22. The topological polar surface area (TPSA) is 21.3 Å². The molecule has 0 unspecified atom stereocenters. The van der Waals surface area contributed by atoms with Gasteiger partial charge in [-0.2, -0.15) is 0 Å². The molecule has 18 aromatic rings. The SMILES string of the molecule is CC(C)(C)c1ccc(N(c2ccc3c(c2)c2ccccc2n3-c2ccccc2)c2cc3c(c4ccccc24)-c2c(cc(N(c4ccc(C(C)(C)C)cc4)c4ccc5c(c4)c4ccccc4n5-c4ccccc4)c4ccccc24)C32c3ccccc3-n3c4ccccc4c4cccc2c43)cc1. The number of hydrogen-bond donors (Lipinski definition) is 0. The number of para-hydroxylation sites is 7. The molecule has 15 aromatic carbocycles. The van der Waals surface area contributed by atoms with E-state index in [4.69, 9.17) is 0 Å². The number of nitrogens with zero attached hydrogens (tertiary/aromatic N) is 5. The fraction of sp³-hybridized carbons (Fsp3) is 0.0947. The van der Waals surface area contributed by atoms with Gasteiger partial charge in [0, 0.05) is 77.2 Å². The van der Waals surface area contributed by atoms with Gasteiger partial charge in [0.15, 0.2) is 0 Å². The predicted molar refractivity (Wildman–Crippen MR) is 422 cm³/mol. The molecule has 2 aliphatic rings. The van der Waals surface area contributed by atoms with Crippen molar-refractivity contribution in [1.29, 1.82) is 0 Å². The Hall–Kier alpha value is -12.2. The fourth-order valence-corrected chi connectivity index (χ4v) is 17.6. The van der Waals surface area contributed by atoms with E-state index < -0.39 is 5.41 Å². The van der Waals surface area contributed by atoms with Gasteiger partial charge < -0.3 is 23.5 Å². The van der Waals surface area contributed by atoms with Crippen LogP contribution in [0.1, 0.15) is 74.9 Å². The molecule has 0 atom stereocenters. The van der Waals surface area contributed by atoms with Crippen LogP contribution in [0.2, 0.25) is 0 Å². The third kappa shape index (κ3) is 8.23. The lowest BCUT2D eigenvalue weighted by molar-refractivity contribution is 0.590. The Bertz CT molecular complexity index is 6100. The van der Waals surface area contributed by atoms with E-state index in [0.29, 0.717) is 0 Å². The number of aromatic nitrogens is 3. The molecule has 0 saturated carbocycles. The van der Waals surface area contributed by atoms with Crippen molar-refractivity contribution in [2.45, 2.75) is 57.8 Å². The molecule has 1 aliphatic carbocycles. The van der Waals surface area contributed by atoms with Gasteiger partial charge in [-0.15, -0.1) is 0 Å². The second-order valence-electron chi connectivity index (χ2n) is 29.6. The van der Waals surface area contributed by atoms with Crippen molar-refractivity contribution in [3.8, 4) is 28.2 Å². The molecule has 1 aliphatic heterocycles. The van der Waals surface area contributed by atoms with Gasteiger partial charge in [0.05, 0.1) is 55.6 Å². The first-order valence-electron chi connectivity index (χ1n) is 35.2. The molecule has 0 fully saturated rings. The van der Waals surface area contributed by atoms with Crippen LogP contribution in [0.4, 0.5) is 34.1 Å². The molecule has 0 radical (unpaired) electrons. The molecule has 1 spiro atoms. The van der Waals surface area contributed by atoms with Crippen LogP contribution in [0, 0.1) is 0 Å². The van der Waals surface area contributed by atoms with Crippen LogP contribution in [0.15, 0.2) is 322 Å². The Morgan fingerprint density at radius 2 is 0.600 bits per heavy atom. The highest BCUT2D eigenvalue weighted by atomic mass is 15.2. The summed E-state index contributed by atoms with van der Waals surface area (Å²) < 4.78 is 7.43. The van der Waals surface area contributed by atoms with Gasteiger partial charge in [0.25, 0.3) is 0 Å².